The third kappa shape index (κ3) is 10.7. The summed E-state index contributed by atoms with van der Waals surface area (Å²) in [6.07, 6.45) is 6.53. The maximum absolute atomic E-state index is 11.6. The summed E-state index contributed by atoms with van der Waals surface area (Å²) in [6, 6.07) is 0. The van der Waals surface area contributed by atoms with E-state index in [9.17, 15) is 19.2 Å². The molecule has 0 spiro atoms. The van der Waals surface area contributed by atoms with Gasteiger partial charge in [-0.3, -0.25) is 0 Å². The van der Waals surface area contributed by atoms with Crippen LogP contribution in [0.1, 0.15) is 66.7 Å². The van der Waals surface area contributed by atoms with Crippen LogP contribution in [0.25, 0.3) is 0 Å². The molecule has 0 aliphatic carbocycles. The van der Waals surface area contributed by atoms with E-state index in [0.717, 1.165) is 12.2 Å². The third-order valence-corrected chi connectivity index (χ3v) is 5.40. The van der Waals surface area contributed by atoms with Crippen molar-refractivity contribution in [3.63, 3.8) is 0 Å². The minimum atomic E-state index is -0.957. The molecule has 0 bridgehead atoms. The van der Waals surface area contributed by atoms with Gasteiger partial charge in [-0.15, -0.1) is 0 Å². The second kappa shape index (κ2) is 13.5. The Morgan fingerprint density at radius 1 is 0.935 bits per heavy atom. The van der Waals surface area contributed by atoms with Crippen LogP contribution in [0, 0.1) is 5.92 Å². The summed E-state index contributed by atoms with van der Waals surface area (Å²) < 4.78 is 10.5. The first-order chi connectivity index (χ1) is 14.4. The van der Waals surface area contributed by atoms with Gasteiger partial charge >= 0.3 is 11.9 Å². The van der Waals surface area contributed by atoms with Crippen LogP contribution >= 0.6 is 0 Å². The fourth-order valence-corrected chi connectivity index (χ4v) is 3.50. The predicted octanol–water partition coefficient (Wildman–Crippen LogP) is 4.00. The number of isocyanates is 2. The molecule has 31 heavy (non-hydrogen) atoms. The lowest BCUT2D eigenvalue weighted by molar-refractivity contribution is -0.143. The number of nitrogens with zero attached hydrogens (tertiary/aromatic N) is 2. The normalized spacial score (nSPS) is 15.6. The summed E-state index contributed by atoms with van der Waals surface area (Å²) in [5, 5.41) is 0. The number of rotatable bonds is 15. The van der Waals surface area contributed by atoms with Gasteiger partial charge in [0.2, 0.25) is 12.2 Å². The summed E-state index contributed by atoms with van der Waals surface area (Å²) in [5.74, 6) is -1.09. The SMILES string of the molecule is C=CC(=O)OC(C)CC(CCCC(C)C(C)(C)N=C=O)(CC(C)OC(=O)C=C)N=C=O. The van der Waals surface area contributed by atoms with Crippen LogP contribution in [0.2, 0.25) is 0 Å². The zero-order valence-electron chi connectivity index (χ0n) is 19.2. The average molecular weight is 435 g/mol. The van der Waals surface area contributed by atoms with Crippen LogP contribution in [-0.4, -0.2) is 47.4 Å². The molecular weight excluding hydrogens is 400 g/mol. The number of carbonyl (C=O) groups excluding carboxylic acids is 4. The Balaban J connectivity index is 5.58. The lowest BCUT2D eigenvalue weighted by atomic mass is 9.79. The highest BCUT2D eigenvalue weighted by atomic mass is 16.5. The summed E-state index contributed by atoms with van der Waals surface area (Å²) in [4.78, 5) is 53.0. The monoisotopic (exact) mass is 434 g/mol. The van der Waals surface area contributed by atoms with Crippen molar-refractivity contribution in [2.24, 2.45) is 15.9 Å². The zero-order chi connectivity index (χ0) is 24.1. The van der Waals surface area contributed by atoms with Gasteiger partial charge in [-0.05, 0) is 46.5 Å². The molecule has 0 aliphatic rings. The Labute approximate surface area is 184 Å². The van der Waals surface area contributed by atoms with Gasteiger partial charge in [0.15, 0.2) is 0 Å². The van der Waals surface area contributed by atoms with Crippen molar-refractivity contribution in [2.75, 3.05) is 0 Å². The van der Waals surface area contributed by atoms with Gasteiger partial charge < -0.3 is 9.47 Å². The van der Waals surface area contributed by atoms with Crippen molar-refractivity contribution >= 4 is 24.1 Å². The second-order valence-electron chi connectivity index (χ2n) is 8.39. The molecular formula is C23H34N2O6. The molecule has 172 valence electrons. The Morgan fingerprint density at radius 2 is 1.39 bits per heavy atom. The van der Waals surface area contributed by atoms with Crippen LogP contribution in [0.4, 0.5) is 0 Å². The van der Waals surface area contributed by atoms with Gasteiger partial charge in [-0.2, -0.15) is 9.98 Å². The third-order valence-electron chi connectivity index (χ3n) is 5.40. The molecule has 3 unspecified atom stereocenters. The fraction of sp³-hybridized carbons (Fsp3) is 0.652. The van der Waals surface area contributed by atoms with Gasteiger partial charge in [0.05, 0.1) is 11.1 Å². The molecule has 0 N–H and O–H groups in total. The smallest absolute Gasteiger partial charge is 0.330 e. The minimum absolute atomic E-state index is 0.0684. The van der Waals surface area contributed by atoms with Crippen molar-refractivity contribution in [1.82, 2.24) is 0 Å². The summed E-state index contributed by atoms with van der Waals surface area (Å²) in [7, 11) is 0. The first kappa shape index (κ1) is 28.2. The quantitative estimate of drug-likeness (QED) is 0.167. The minimum Gasteiger partial charge on any atom is -0.459 e. The molecule has 3 atom stereocenters. The van der Waals surface area contributed by atoms with E-state index in [0.29, 0.717) is 19.3 Å². The van der Waals surface area contributed by atoms with Crippen molar-refractivity contribution in [1.29, 1.82) is 0 Å². The number of hydrogen-bond donors (Lipinski definition) is 0. The highest BCUT2D eigenvalue weighted by Gasteiger charge is 2.36. The first-order valence-electron chi connectivity index (χ1n) is 10.3. The molecule has 0 rings (SSSR count). The summed E-state index contributed by atoms with van der Waals surface area (Å²) >= 11 is 0. The summed E-state index contributed by atoms with van der Waals surface area (Å²) in [5.41, 5.74) is -1.53. The van der Waals surface area contributed by atoms with E-state index in [1.165, 1.54) is 0 Å². The Kier molecular flexibility index (Phi) is 12.3. The summed E-state index contributed by atoms with van der Waals surface area (Å²) in [6.45, 7) is 15.8. The number of hydrogen-bond acceptors (Lipinski definition) is 8. The molecule has 0 heterocycles. The number of aliphatic imine (C=N–C) groups is 2. The van der Waals surface area contributed by atoms with E-state index in [1.807, 2.05) is 20.8 Å². The molecule has 0 aliphatic heterocycles. The van der Waals surface area contributed by atoms with Crippen LogP contribution in [0.15, 0.2) is 35.3 Å². The highest BCUT2D eigenvalue weighted by molar-refractivity contribution is 5.81. The van der Waals surface area contributed by atoms with E-state index in [-0.39, 0.29) is 18.8 Å². The molecule has 8 nitrogen and oxygen atoms in total. The Hall–Kier alpha value is -2.82. The molecule has 0 amide bonds. The zero-order valence-corrected chi connectivity index (χ0v) is 19.2. The number of esters is 2. The average Bonchev–Trinajstić information content (AvgIpc) is 2.67. The second-order valence-corrected chi connectivity index (χ2v) is 8.39. The van der Waals surface area contributed by atoms with E-state index in [4.69, 9.17) is 9.47 Å². The van der Waals surface area contributed by atoms with Gasteiger partial charge in [-0.25, -0.2) is 19.2 Å². The molecule has 0 aromatic carbocycles. The Morgan fingerprint density at radius 3 is 1.77 bits per heavy atom. The standard InChI is InChI=1S/C23H34N2O6/c1-8-20(28)30-18(4)13-23(25-16-27,14-19(5)31-21(29)9-2)12-10-11-17(3)22(6,7)24-15-26/h8-9,17-19H,1-2,10-14H2,3-7H3. The van der Waals surface area contributed by atoms with Crippen molar-refractivity contribution < 1.29 is 28.7 Å². The molecule has 0 aromatic rings. The topological polar surface area (TPSA) is 111 Å². The van der Waals surface area contributed by atoms with Crippen LogP contribution in [0.3, 0.4) is 0 Å². The number of carbonyl (C=O) groups is 2. The molecule has 8 heteroatoms. The Bertz CT molecular complexity index is 702. The van der Waals surface area contributed by atoms with Gasteiger partial charge in [0.1, 0.15) is 12.2 Å². The lowest BCUT2D eigenvalue weighted by Crippen LogP contribution is -2.37. The van der Waals surface area contributed by atoms with Gasteiger partial charge in [0.25, 0.3) is 0 Å². The van der Waals surface area contributed by atoms with Gasteiger partial charge in [0, 0.05) is 25.0 Å². The van der Waals surface area contributed by atoms with Crippen molar-refractivity contribution in [2.45, 2.75) is 90.0 Å². The maximum atomic E-state index is 11.6. The lowest BCUT2D eigenvalue weighted by Gasteiger charge is -2.34. The molecule has 0 saturated carbocycles. The van der Waals surface area contributed by atoms with E-state index in [2.05, 4.69) is 23.1 Å². The van der Waals surface area contributed by atoms with E-state index in [1.54, 1.807) is 26.0 Å². The predicted molar refractivity (Wildman–Crippen MR) is 117 cm³/mol. The maximum Gasteiger partial charge on any atom is 0.330 e. The molecule has 0 fully saturated rings. The number of ether oxygens (including phenoxy) is 2. The molecule has 0 aromatic heterocycles. The van der Waals surface area contributed by atoms with Crippen LogP contribution in [0.5, 0.6) is 0 Å². The van der Waals surface area contributed by atoms with E-state index >= 15 is 0 Å². The van der Waals surface area contributed by atoms with Crippen molar-refractivity contribution in [3.05, 3.63) is 25.3 Å². The molecule has 0 radical (unpaired) electrons. The molecule has 0 saturated heterocycles. The van der Waals surface area contributed by atoms with Crippen LogP contribution < -0.4 is 0 Å². The first-order valence-corrected chi connectivity index (χ1v) is 10.3. The van der Waals surface area contributed by atoms with E-state index < -0.39 is 35.2 Å². The van der Waals surface area contributed by atoms with Gasteiger partial charge in [-0.1, -0.05) is 26.5 Å². The highest BCUT2D eigenvalue weighted by Crippen LogP contribution is 2.34. The largest absolute Gasteiger partial charge is 0.459 e. The van der Waals surface area contributed by atoms with Crippen molar-refractivity contribution in [3.8, 4) is 0 Å². The fourth-order valence-electron chi connectivity index (χ4n) is 3.50. The van der Waals surface area contributed by atoms with Crippen LogP contribution in [-0.2, 0) is 28.7 Å².